The summed E-state index contributed by atoms with van der Waals surface area (Å²) in [6.45, 7) is 0.417. The molecule has 3 aromatic carbocycles. The SMILES string of the molecule is N#CC1=C(N)OC2=C(C(=O)CCC2)[C@H]1c1ccc(OCc2cccc3ccccc23)c(Br)c1. The molecule has 0 saturated carbocycles. The van der Waals surface area contributed by atoms with Crippen LogP contribution >= 0.6 is 15.9 Å². The van der Waals surface area contributed by atoms with E-state index < -0.39 is 5.92 Å². The summed E-state index contributed by atoms with van der Waals surface area (Å²) >= 11 is 3.61. The molecule has 164 valence electrons. The summed E-state index contributed by atoms with van der Waals surface area (Å²) in [5.41, 5.74) is 8.75. The molecule has 0 aromatic heterocycles. The Labute approximate surface area is 200 Å². The van der Waals surface area contributed by atoms with Crippen molar-refractivity contribution >= 4 is 32.5 Å². The molecule has 0 bridgehead atoms. The lowest BCUT2D eigenvalue weighted by Gasteiger charge is -2.31. The Morgan fingerprint density at radius 2 is 1.94 bits per heavy atom. The molecule has 1 atom stereocenters. The maximum absolute atomic E-state index is 12.8. The molecule has 0 unspecified atom stereocenters. The fraction of sp³-hybridized carbons (Fsp3) is 0.185. The van der Waals surface area contributed by atoms with Gasteiger partial charge >= 0.3 is 0 Å². The van der Waals surface area contributed by atoms with Crippen molar-refractivity contribution in [3.05, 3.63) is 99.1 Å². The van der Waals surface area contributed by atoms with Gasteiger partial charge in [0.05, 0.1) is 10.4 Å². The summed E-state index contributed by atoms with van der Waals surface area (Å²) in [5.74, 6) is 0.811. The van der Waals surface area contributed by atoms with E-state index >= 15 is 0 Å². The number of nitriles is 1. The molecule has 0 amide bonds. The van der Waals surface area contributed by atoms with Gasteiger partial charge in [-0.15, -0.1) is 0 Å². The minimum absolute atomic E-state index is 0.00825. The molecule has 0 radical (unpaired) electrons. The third-order valence-electron chi connectivity index (χ3n) is 6.16. The number of rotatable bonds is 4. The second-order valence-corrected chi connectivity index (χ2v) is 9.01. The highest BCUT2D eigenvalue weighted by Gasteiger charge is 2.38. The van der Waals surface area contributed by atoms with Crippen LogP contribution < -0.4 is 10.5 Å². The zero-order chi connectivity index (χ0) is 22.9. The standard InChI is InChI=1S/C27H21BrN2O3/c28-21-13-17(25-20(14-29)27(30)33-24-10-4-9-22(31)26(24)25)11-12-23(21)32-15-18-7-3-6-16-5-1-2-8-19(16)18/h1-3,5-8,11-13,25H,4,9-10,15,30H2/t25-/m0/s1. The molecule has 1 aliphatic heterocycles. The van der Waals surface area contributed by atoms with E-state index in [0.29, 0.717) is 36.5 Å². The Balaban J connectivity index is 1.45. The first-order chi connectivity index (χ1) is 16.1. The molecule has 5 nitrogen and oxygen atoms in total. The molecular weight excluding hydrogens is 480 g/mol. The van der Waals surface area contributed by atoms with E-state index in [0.717, 1.165) is 27.4 Å². The minimum atomic E-state index is -0.532. The van der Waals surface area contributed by atoms with Crippen LogP contribution in [0.4, 0.5) is 0 Å². The Morgan fingerprint density at radius 3 is 2.76 bits per heavy atom. The van der Waals surface area contributed by atoms with Crippen molar-refractivity contribution in [1.29, 1.82) is 5.26 Å². The summed E-state index contributed by atoms with van der Waals surface area (Å²) in [6, 6.07) is 22.2. The number of hydrogen-bond donors (Lipinski definition) is 1. The van der Waals surface area contributed by atoms with Crippen LogP contribution in [0.3, 0.4) is 0 Å². The number of halogens is 1. The summed E-state index contributed by atoms with van der Waals surface area (Å²) in [7, 11) is 0. The highest BCUT2D eigenvalue weighted by atomic mass is 79.9. The summed E-state index contributed by atoms with van der Waals surface area (Å²) in [5, 5.41) is 12.1. The molecule has 1 heterocycles. The number of benzene rings is 3. The zero-order valence-electron chi connectivity index (χ0n) is 17.8. The normalized spacial score (nSPS) is 18.1. The van der Waals surface area contributed by atoms with Crippen LogP contribution in [0.25, 0.3) is 10.8 Å². The first-order valence-electron chi connectivity index (χ1n) is 10.8. The number of fused-ring (bicyclic) bond motifs is 1. The lowest BCUT2D eigenvalue weighted by atomic mass is 9.77. The first kappa shape index (κ1) is 21.3. The van der Waals surface area contributed by atoms with Gasteiger partial charge in [-0.1, -0.05) is 48.5 Å². The average molecular weight is 501 g/mol. The fourth-order valence-corrected chi connectivity index (χ4v) is 5.09. The lowest BCUT2D eigenvalue weighted by Crippen LogP contribution is -2.27. The maximum atomic E-state index is 12.8. The summed E-state index contributed by atoms with van der Waals surface area (Å²) in [6.07, 6.45) is 1.82. The monoisotopic (exact) mass is 500 g/mol. The number of ether oxygens (including phenoxy) is 2. The van der Waals surface area contributed by atoms with Gasteiger partial charge in [-0.2, -0.15) is 5.26 Å². The summed E-state index contributed by atoms with van der Waals surface area (Å²) in [4.78, 5) is 12.8. The van der Waals surface area contributed by atoms with Crippen molar-refractivity contribution in [1.82, 2.24) is 0 Å². The van der Waals surface area contributed by atoms with Gasteiger partial charge in [0.1, 0.15) is 29.8 Å². The van der Waals surface area contributed by atoms with Crippen LogP contribution in [0.2, 0.25) is 0 Å². The Morgan fingerprint density at radius 1 is 1.12 bits per heavy atom. The van der Waals surface area contributed by atoms with Gasteiger partial charge in [0.2, 0.25) is 5.88 Å². The smallest absolute Gasteiger partial charge is 0.205 e. The van der Waals surface area contributed by atoms with E-state index in [9.17, 15) is 10.1 Å². The number of Topliss-reactive ketones (excluding diaryl/α,β-unsaturated/α-hetero) is 1. The molecule has 1 aliphatic carbocycles. The van der Waals surface area contributed by atoms with Crippen LogP contribution in [-0.2, 0) is 16.1 Å². The molecule has 6 heteroatoms. The Hall–Kier alpha value is -3.56. The van der Waals surface area contributed by atoms with Gasteiger partial charge in [-0.3, -0.25) is 4.79 Å². The lowest BCUT2D eigenvalue weighted by molar-refractivity contribution is -0.116. The second kappa shape index (κ2) is 8.76. The molecule has 0 spiro atoms. The molecule has 33 heavy (non-hydrogen) atoms. The number of nitrogens with two attached hydrogens (primary N) is 1. The molecule has 5 rings (SSSR count). The van der Waals surface area contributed by atoms with Gasteiger partial charge in [-0.25, -0.2) is 0 Å². The van der Waals surface area contributed by atoms with Crippen LogP contribution in [0.5, 0.6) is 5.75 Å². The van der Waals surface area contributed by atoms with Crippen molar-refractivity contribution in [2.45, 2.75) is 31.8 Å². The van der Waals surface area contributed by atoms with Crippen molar-refractivity contribution in [3.8, 4) is 11.8 Å². The van der Waals surface area contributed by atoms with E-state index in [4.69, 9.17) is 15.2 Å². The number of carbonyl (C=O) groups is 1. The molecular formula is C27H21BrN2O3. The third kappa shape index (κ3) is 3.90. The van der Waals surface area contributed by atoms with Gasteiger partial charge < -0.3 is 15.2 Å². The summed E-state index contributed by atoms with van der Waals surface area (Å²) < 4.78 is 12.5. The van der Waals surface area contributed by atoms with Gasteiger partial charge in [0, 0.05) is 18.4 Å². The first-order valence-corrected chi connectivity index (χ1v) is 11.6. The molecule has 2 aliphatic rings. The van der Waals surface area contributed by atoms with E-state index in [1.165, 1.54) is 5.39 Å². The van der Waals surface area contributed by atoms with E-state index in [2.05, 4.69) is 46.3 Å². The zero-order valence-corrected chi connectivity index (χ0v) is 19.4. The largest absolute Gasteiger partial charge is 0.488 e. The number of nitrogens with zero attached hydrogens (tertiary/aromatic N) is 1. The topological polar surface area (TPSA) is 85.3 Å². The van der Waals surface area contributed by atoms with Crippen molar-refractivity contribution in [2.24, 2.45) is 5.73 Å². The van der Waals surface area contributed by atoms with Crippen LogP contribution in [0.1, 0.15) is 36.3 Å². The molecule has 0 saturated heterocycles. The number of allylic oxidation sites excluding steroid dienone is 3. The second-order valence-electron chi connectivity index (χ2n) is 8.16. The maximum Gasteiger partial charge on any atom is 0.205 e. The van der Waals surface area contributed by atoms with E-state index in [1.807, 2.05) is 36.4 Å². The quantitative estimate of drug-likeness (QED) is 0.474. The van der Waals surface area contributed by atoms with Crippen molar-refractivity contribution in [2.75, 3.05) is 0 Å². The van der Waals surface area contributed by atoms with E-state index in [1.54, 1.807) is 0 Å². The van der Waals surface area contributed by atoms with Gasteiger partial charge in [0.15, 0.2) is 5.78 Å². The van der Waals surface area contributed by atoms with E-state index in [-0.39, 0.29) is 17.2 Å². The van der Waals surface area contributed by atoms with Crippen molar-refractivity contribution < 1.29 is 14.3 Å². The average Bonchev–Trinajstić information content (AvgIpc) is 2.82. The van der Waals surface area contributed by atoms with Gasteiger partial charge in [0.25, 0.3) is 0 Å². The Bertz CT molecular complexity index is 1380. The highest BCUT2D eigenvalue weighted by molar-refractivity contribution is 9.10. The minimum Gasteiger partial charge on any atom is -0.488 e. The molecule has 3 aromatic rings. The fourth-order valence-electron chi connectivity index (χ4n) is 4.58. The van der Waals surface area contributed by atoms with Crippen LogP contribution in [0.15, 0.2) is 87.9 Å². The molecule has 2 N–H and O–H groups in total. The predicted octanol–water partition coefficient (Wildman–Crippen LogP) is 6.00. The third-order valence-corrected chi connectivity index (χ3v) is 6.78. The molecule has 0 fully saturated rings. The highest BCUT2D eigenvalue weighted by Crippen LogP contribution is 2.44. The Kier molecular flexibility index (Phi) is 5.65. The van der Waals surface area contributed by atoms with Gasteiger partial charge in [-0.05, 0) is 56.4 Å². The number of carbonyl (C=O) groups excluding carboxylic acids is 1. The number of ketones is 1. The van der Waals surface area contributed by atoms with Crippen molar-refractivity contribution in [3.63, 3.8) is 0 Å². The van der Waals surface area contributed by atoms with Crippen LogP contribution in [-0.4, -0.2) is 5.78 Å². The van der Waals surface area contributed by atoms with Crippen LogP contribution in [0, 0.1) is 11.3 Å². The number of hydrogen-bond acceptors (Lipinski definition) is 5. The predicted molar refractivity (Wildman–Crippen MR) is 129 cm³/mol.